The van der Waals surface area contributed by atoms with Gasteiger partial charge in [0.25, 0.3) is 0 Å². The molecular formula is C18H21N3. The highest BCUT2D eigenvalue weighted by Crippen LogP contribution is 2.31. The molecule has 3 nitrogen and oxygen atoms in total. The number of piperidine rings is 1. The lowest BCUT2D eigenvalue weighted by molar-refractivity contribution is 0.406. The van der Waals surface area contributed by atoms with Crippen LogP contribution in [0.15, 0.2) is 48.8 Å². The molecule has 3 saturated heterocycles. The summed E-state index contributed by atoms with van der Waals surface area (Å²) in [4.78, 5) is 7.05. The van der Waals surface area contributed by atoms with Crippen LogP contribution in [0, 0.1) is 5.92 Å². The average molecular weight is 279 g/mol. The largest absolute Gasteiger partial charge is 0.366 e. The number of aromatic nitrogens is 1. The predicted octanol–water partition coefficient (Wildman–Crippen LogP) is 2.94. The van der Waals surface area contributed by atoms with Crippen molar-refractivity contribution in [1.82, 2.24) is 10.3 Å². The van der Waals surface area contributed by atoms with E-state index in [-0.39, 0.29) is 0 Å². The summed E-state index contributed by atoms with van der Waals surface area (Å²) in [6.45, 7) is 3.43. The van der Waals surface area contributed by atoms with Gasteiger partial charge >= 0.3 is 0 Å². The van der Waals surface area contributed by atoms with Gasteiger partial charge in [0.1, 0.15) is 0 Å². The van der Waals surface area contributed by atoms with Crippen molar-refractivity contribution in [3.63, 3.8) is 0 Å². The van der Waals surface area contributed by atoms with E-state index in [1.807, 2.05) is 12.4 Å². The first-order valence-electron chi connectivity index (χ1n) is 7.88. The minimum atomic E-state index is 0.622. The topological polar surface area (TPSA) is 28.2 Å². The van der Waals surface area contributed by atoms with Gasteiger partial charge in [-0.3, -0.25) is 4.98 Å². The van der Waals surface area contributed by atoms with Gasteiger partial charge in [-0.15, -0.1) is 0 Å². The van der Waals surface area contributed by atoms with E-state index in [0.717, 1.165) is 19.0 Å². The molecule has 3 aliphatic rings. The Kier molecular flexibility index (Phi) is 3.36. The normalized spacial score (nSPS) is 24.9. The fourth-order valence-corrected chi connectivity index (χ4v) is 3.62. The number of benzene rings is 1. The summed E-state index contributed by atoms with van der Waals surface area (Å²) in [5.41, 5.74) is 3.72. The van der Waals surface area contributed by atoms with Crippen molar-refractivity contribution in [2.24, 2.45) is 5.92 Å². The van der Waals surface area contributed by atoms with Crippen LogP contribution in [0.25, 0.3) is 11.1 Å². The van der Waals surface area contributed by atoms with E-state index in [1.165, 1.54) is 36.2 Å². The summed E-state index contributed by atoms with van der Waals surface area (Å²) in [7, 11) is 0. The number of pyridine rings is 1. The number of anilines is 1. The number of hydrogen-bond acceptors (Lipinski definition) is 3. The zero-order valence-corrected chi connectivity index (χ0v) is 12.2. The molecule has 3 fully saturated rings. The van der Waals surface area contributed by atoms with Crippen molar-refractivity contribution >= 4 is 5.69 Å². The molecule has 0 amide bonds. The molecule has 2 aromatic rings. The van der Waals surface area contributed by atoms with Crippen LogP contribution in [0.5, 0.6) is 0 Å². The smallest absolute Gasteiger partial charge is 0.0562 e. The third kappa shape index (κ3) is 2.54. The molecule has 2 bridgehead atoms. The number of fused-ring (bicyclic) bond motifs is 4. The Balaban J connectivity index is 1.67. The Bertz CT molecular complexity index is 607. The number of nitrogens with one attached hydrogen (secondary N) is 1. The lowest BCUT2D eigenvalue weighted by Crippen LogP contribution is -2.43. The van der Waals surface area contributed by atoms with Crippen LogP contribution in [0.4, 0.5) is 5.69 Å². The minimum absolute atomic E-state index is 0.622. The summed E-state index contributed by atoms with van der Waals surface area (Å²) in [5.74, 6) is 0.782. The first kappa shape index (κ1) is 12.8. The molecule has 5 rings (SSSR count). The molecular weight excluding hydrogens is 258 g/mol. The molecule has 0 radical (unpaired) electrons. The first-order valence-corrected chi connectivity index (χ1v) is 7.88. The van der Waals surface area contributed by atoms with Crippen LogP contribution in [0.3, 0.4) is 0 Å². The lowest BCUT2D eigenvalue weighted by Gasteiger charge is -2.37. The van der Waals surface area contributed by atoms with E-state index in [9.17, 15) is 0 Å². The molecule has 2 unspecified atom stereocenters. The van der Waals surface area contributed by atoms with Crippen molar-refractivity contribution in [2.45, 2.75) is 18.9 Å². The SMILES string of the molecule is c1ccc(-c2cncc(N3CC4CCC3CNC4)c2)cc1. The van der Waals surface area contributed by atoms with E-state index < -0.39 is 0 Å². The highest BCUT2D eigenvalue weighted by molar-refractivity contribution is 5.67. The molecule has 1 aromatic heterocycles. The summed E-state index contributed by atoms with van der Waals surface area (Å²) in [5, 5.41) is 3.59. The van der Waals surface area contributed by atoms with E-state index in [0.29, 0.717) is 6.04 Å². The van der Waals surface area contributed by atoms with Gasteiger partial charge in [-0.2, -0.15) is 0 Å². The van der Waals surface area contributed by atoms with Gasteiger partial charge in [0.2, 0.25) is 0 Å². The number of rotatable bonds is 2. The molecule has 3 aliphatic heterocycles. The Morgan fingerprint density at radius 3 is 2.81 bits per heavy atom. The van der Waals surface area contributed by atoms with Crippen molar-refractivity contribution < 1.29 is 0 Å². The molecule has 3 heteroatoms. The van der Waals surface area contributed by atoms with Gasteiger partial charge in [-0.1, -0.05) is 30.3 Å². The van der Waals surface area contributed by atoms with E-state index in [1.54, 1.807) is 0 Å². The predicted molar refractivity (Wildman–Crippen MR) is 86.4 cm³/mol. The van der Waals surface area contributed by atoms with Gasteiger partial charge in [-0.25, -0.2) is 0 Å². The highest BCUT2D eigenvalue weighted by atomic mass is 15.2. The van der Waals surface area contributed by atoms with Crippen LogP contribution in [-0.2, 0) is 0 Å². The third-order valence-electron chi connectivity index (χ3n) is 4.78. The van der Waals surface area contributed by atoms with Crippen LogP contribution in [0.1, 0.15) is 12.8 Å². The lowest BCUT2D eigenvalue weighted by atomic mass is 9.94. The molecule has 1 N–H and O–H groups in total. The van der Waals surface area contributed by atoms with Crippen LogP contribution < -0.4 is 10.2 Å². The fourth-order valence-electron chi connectivity index (χ4n) is 3.62. The fraction of sp³-hybridized carbons (Fsp3) is 0.389. The second-order valence-electron chi connectivity index (χ2n) is 6.21. The summed E-state index contributed by atoms with van der Waals surface area (Å²) < 4.78 is 0. The maximum Gasteiger partial charge on any atom is 0.0562 e. The molecule has 21 heavy (non-hydrogen) atoms. The zero-order valence-electron chi connectivity index (χ0n) is 12.2. The van der Waals surface area contributed by atoms with Crippen molar-refractivity contribution in [3.8, 4) is 11.1 Å². The monoisotopic (exact) mass is 279 g/mol. The van der Waals surface area contributed by atoms with E-state index >= 15 is 0 Å². The molecule has 108 valence electrons. The summed E-state index contributed by atoms with van der Waals surface area (Å²) in [6, 6.07) is 13.4. The molecule has 0 spiro atoms. The zero-order chi connectivity index (χ0) is 14.1. The summed E-state index contributed by atoms with van der Waals surface area (Å²) >= 11 is 0. The van der Waals surface area contributed by atoms with Gasteiger partial charge < -0.3 is 10.2 Å². The Morgan fingerprint density at radius 2 is 1.90 bits per heavy atom. The van der Waals surface area contributed by atoms with Gasteiger partial charge in [0.15, 0.2) is 0 Å². The van der Waals surface area contributed by atoms with Crippen LogP contribution in [0.2, 0.25) is 0 Å². The quantitative estimate of drug-likeness (QED) is 0.916. The molecule has 1 aromatic carbocycles. The standard InChI is InChI=1S/C18H21N3/c1-2-4-15(5-3-1)16-8-18(12-20-10-16)21-13-14-6-7-17(21)11-19-9-14/h1-5,8,10,12,14,17,19H,6-7,9,11,13H2. The molecule has 0 aliphatic carbocycles. The van der Waals surface area contributed by atoms with Crippen molar-refractivity contribution in [2.75, 3.05) is 24.5 Å². The van der Waals surface area contributed by atoms with Crippen LogP contribution >= 0.6 is 0 Å². The molecule has 0 saturated carbocycles. The second-order valence-corrected chi connectivity index (χ2v) is 6.21. The van der Waals surface area contributed by atoms with Crippen molar-refractivity contribution in [3.05, 3.63) is 48.8 Å². The van der Waals surface area contributed by atoms with Crippen LogP contribution in [-0.4, -0.2) is 30.7 Å². The van der Waals surface area contributed by atoms with Gasteiger partial charge in [0.05, 0.1) is 11.9 Å². The Labute approximate surface area is 126 Å². The van der Waals surface area contributed by atoms with Gasteiger partial charge in [-0.05, 0) is 36.9 Å². The average Bonchev–Trinajstić information content (AvgIpc) is 2.91. The molecule has 2 atom stereocenters. The highest BCUT2D eigenvalue weighted by Gasteiger charge is 2.31. The van der Waals surface area contributed by atoms with Crippen molar-refractivity contribution in [1.29, 1.82) is 0 Å². The van der Waals surface area contributed by atoms with E-state index in [2.05, 4.69) is 51.6 Å². The Morgan fingerprint density at radius 1 is 1.00 bits per heavy atom. The number of nitrogens with zero attached hydrogens (tertiary/aromatic N) is 2. The van der Waals surface area contributed by atoms with E-state index in [4.69, 9.17) is 0 Å². The maximum absolute atomic E-state index is 4.49. The third-order valence-corrected chi connectivity index (χ3v) is 4.78. The first-order chi connectivity index (χ1) is 10.4. The maximum atomic E-state index is 4.49. The second kappa shape index (κ2) is 5.49. The summed E-state index contributed by atoms with van der Waals surface area (Å²) in [6.07, 6.45) is 6.65. The van der Waals surface area contributed by atoms with Gasteiger partial charge in [0, 0.05) is 30.9 Å². The minimum Gasteiger partial charge on any atom is -0.366 e. The molecule has 4 heterocycles. The number of hydrogen-bond donors (Lipinski definition) is 1. The Hall–Kier alpha value is -1.87.